The van der Waals surface area contributed by atoms with Gasteiger partial charge in [0.1, 0.15) is 0 Å². The predicted molar refractivity (Wildman–Crippen MR) is 88.0 cm³/mol. The molecule has 130 valence electrons. The maximum atomic E-state index is 12.9. The minimum absolute atomic E-state index is 0.274. The Hall–Kier alpha value is -1.18. The van der Waals surface area contributed by atoms with Crippen LogP contribution in [0, 0.1) is 0 Å². The van der Waals surface area contributed by atoms with Crippen LogP contribution < -0.4 is 5.46 Å². The molecule has 1 amide bonds. The first kappa shape index (κ1) is 17.6. The van der Waals surface area contributed by atoms with Crippen LogP contribution in [-0.4, -0.2) is 48.1 Å². The topological polar surface area (TPSA) is 38.8 Å². The number of hydrogen-bond donors (Lipinski definition) is 0. The number of alkyl halides is 2. The van der Waals surface area contributed by atoms with Crippen LogP contribution in [0.1, 0.15) is 38.1 Å². The number of likely N-dealkylation sites (tertiary alicyclic amines) is 1. The minimum Gasteiger partial charge on any atom is -0.399 e. The molecule has 0 unspecified atom stereocenters. The Balaban J connectivity index is 1.78. The van der Waals surface area contributed by atoms with E-state index in [0.29, 0.717) is 10.5 Å². The van der Waals surface area contributed by atoms with E-state index in [-0.39, 0.29) is 5.56 Å². The molecule has 0 atom stereocenters. The molecule has 24 heavy (non-hydrogen) atoms. The molecule has 0 saturated carbocycles. The van der Waals surface area contributed by atoms with Gasteiger partial charge in [0.05, 0.1) is 24.3 Å². The van der Waals surface area contributed by atoms with Gasteiger partial charge in [-0.15, -0.1) is 0 Å². The fourth-order valence-electron chi connectivity index (χ4n) is 2.66. The number of benzene rings is 1. The zero-order valence-corrected chi connectivity index (χ0v) is 14.8. The van der Waals surface area contributed by atoms with E-state index in [1.54, 1.807) is 12.1 Å². The van der Waals surface area contributed by atoms with Crippen molar-refractivity contribution < 1.29 is 22.9 Å². The Morgan fingerprint density at radius 2 is 1.71 bits per heavy atom. The van der Waals surface area contributed by atoms with Gasteiger partial charge in [-0.3, -0.25) is 4.79 Å². The van der Waals surface area contributed by atoms with Gasteiger partial charge in [0, 0.05) is 16.0 Å². The van der Waals surface area contributed by atoms with Gasteiger partial charge >= 0.3 is 7.12 Å². The van der Waals surface area contributed by atoms with Crippen molar-refractivity contribution in [3.8, 4) is 0 Å². The largest absolute Gasteiger partial charge is 0.496 e. The molecule has 3 rings (SSSR count). The summed E-state index contributed by atoms with van der Waals surface area (Å²) in [5.41, 5.74) is -0.117. The first-order chi connectivity index (χ1) is 10.9. The predicted octanol–water partition coefficient (Wildman–Crippen LogP) is 2.73. The lowest BCUT2D eigenvalue weighted by Crippen LogP contribution is -2.58. The number of halogens is 3. The Labute approximate surface area is 145 Å². The van der Waals surface area contributed by atoms with Crippen LogP contribution in [0.5, 0.6) is 0 Å². The van der Waals surface area contributed by atoms with Gasteiger partial charge in [0.25, 0.3) is 11.8 Å². The second-order valence-electron chi connectivity index (χ2n) is 7.34. The summed E-state index contributed by atoms with van der Waals surface area (Å²) in [4.78, 5) is 13.3. The Kier molecular flexibility index (Phi) is 3.98. The van der Waals surface area contributed by atoms with Crippen molar-refractivity contribution >= 4 is 30.1 Å². The molecule has 0 spiro atoms. The summed E-state index contributed by atoms with van der Waals surface area (Å²) in [6, 6.07) is 4.68. The molecule has 0 bridgehead atoms. The van der Waals surface area contributed by atoms with Crippen molar-refractivity contribution in [2.24, 2.45) is 0 Å². The molecular formula is C16H19BClF2NO3. The van der Waals surface area contributed by atoms with Crippen molar-refractivity contribution in [2.75, 3.05) is 13.1 Å². The van der Waals surface area contributed by atoms with Crippen molar-refractivity contribution in [1.29, 1.82) is 0 Å². The lowest BCUT2D eigenvalue weighted by Gasteiger charge is -2.38. The molecule has 2 aliphatic heterocycles. The zero-order valence-electron chi connectivity index (χ0n) is 14.0. The van der Waals surface area contributed by atoms with Crippen LogP contribution in [-0.2, 0) is 9.31 Å². The van der Waals surface area contributed by atoms with Crippen LogP contribution in [0.25, 0.3) is 0 Å². The molecule has 0 N–H and O–H groups in total. The third-order valence-electron chi connectivity index (χ3n) is 4.89. The van der Waals surface area contributed by atoms with E-state index in [1.807, 2.05) is 27.7 Å². The average molecular weight is 358 g/mol. The second kappa shape index (κ2) is 5.41. The molecule has 0 radical (unpaired) electrons. The molecule has 0 aromatic heterocycles. The lowest BCUT2D eigenvalue weighted by atomic mass is 9.78. The molecule has 1 aromatic rings. The molecule has 2 fully saturated rings. The van der Waals surface area contributed by atoms with E-state index in [1.165, 1.54) is 6.07 Å². The molecule has 0 aliphatic carbocycles. The standard InChI is InChI=1S/C16H19BClF2NO3/c1-14(2)15(3,4)24-17(23-14)11-6-5-10(7-12(11)18)13(22)21-8-16(19,20)9-21/h5-7H,8-9H2,1-4H3. The summed E-state index contributed by atoms with van der Waals surface area (Å²) in [5.74, 6) is -3.24. The molecular weight excluding hydrogens is 338 g/mol. The molecule has 1 aromatic carbocycles. The highest BCUT2D eigenvalue weighted by Crippen LogP contribution is 2.37. The minimum atomic E-state index is -2.79. The number of carbonyl (C=O) groups excluding carboxylic acids is 1. The number of hydrogen-bond acceptors (Lipinski definition) is 3. The van der Waals surface area contributed by atoms with E-state index >= 15 is 0 Å². The summed E-state index contributed by atoms with van der Waals surface area (Å²) in [7, 11) is -0.639. The molecule has 8 heteroatoms. The van der Waals surface area contributed by atoms with Crippen molar-refractivity contribution in [3.63, 3.8) is 0 Å². The van der Waals surface area contributed by atoms with Gasteiger partial charge in [-0.25, -0.2) is 8.78 Å². The third kappa shape index (κ3) is 2.93. The van der Waals surface area contributed by atoms with E-state index in [9.17, 15) is 13.6 Å². The lowest BCUT2D eigenvalue weighted by molar-refractivity contribution is -0.113. The second-order valence-corrected chi connectivity index (χ2v) is 7.75. The number of rotatable bonds is 2. The third-order valence-corrected chi connectivity index (χ3v) is 5.21. The van der Waals surface area contributed by atoms with Crippen LogP contribution >= 0.6 is 11.6 Å². The molecule has 2 aliphatic rings. The van der Waals surface area contributed by atoms with Gasteiger partial charge in [0.2, 0.25) is 0 Å². The summed E-state index contributed by atoms with van der Waals surface area (Å²) in [6.45, 7) is 6.63. The van der Waals surface area contributed by atoms with E-state index in [2.05, 4.69) is 0 Å². The summed E-state index contributed by atoms with van der Waals surface area (Å²) >= 11 is 6.28. The van der Waals surface area contributed by atoms with E-state index in [0.717, 1.165) is 4.90 Å². The summed E-state index contributed by atoms with van der Waals surface area (Å²) in [5, 5.41) is 0.312. The highest BCUT2D eigenvalue weighted by molar-refractivity contribution is 6.65. The van der Waals surface area contributed by atoms with Gasteiger partial charge in [-0.1, -0.05) is 17.7 Å². The van der Waals surface area contributed by atoms with Gasteiger partial charge in [-0.05, 0) is 39.8 Å². The fraction of sp³-hybridized carbons (Fsp3) is 0.562. The quantitative estimate of drug-likeness (QED) is 0.764. The molecule has 2 saturated heterocycles. The van der Waals surface area contributed by atoms with Crippen LogP contribution in [0.3, 0.4) is 0 Å². The Morgan fingerprint density at radius 3 is 2.17 bits per heavy atom. The normalized spacial score (nSPS) is 24.0. The number of nitrogens with zero attached hydrogens (tertiary/aromatic N) is 1. The number of amides is 1. The monoisotopic (exact) mass is 357 g/mol. The van der Waals surface area contributed by atoms with Crippen molar-refractivity contribution in [1.82, 2.24) is 4.90 Å². The Morgan fingerprint density at radius 1 is 1.17 bits per heavy atom. The Bertz CT molecular complexity index is 672. The molecule has 2 heterocycles. The van der Waals surface area contributed by atoms with Crippen molar-refractivity contribution in [3.05, 3.63) is 28.8 Å². The van der Waals surface area contributed by atoms with Gasteiger partial charge in [-0.2, -0.15) is 0 Å². The van der Waals surface area contributed by atoms with Crippen molar-refractivity contribution in [2.45, 2.75) is 44.8 Å². The van der Waals surface area contributed by atoms with Crippen LogP contribution in [0.4, 0.5) is 8.78 Å². The number of carbonyl (C=O) groups is 1. The first-order valence-electron chi connectivity index (χ1n) is 7.74. The fourth-order valence-corrected chi connectivity index (χ4v) is 2.93. The van der Waals surface area contributed by atoms with Crippen LogP contribution in [0.2, 0.25) is 5.02 Å². The summed E-state index contributed by atoms with van der Waals surface area (Å²) < 4.78 is 37.7. The summed E-state index contributed by atoms with van der Waals surface area (Å²) in [6.07, 6.45) is 0. The van der Waals surface area contributed by atoms with E-state index < -0.39 is 43.2 Å². The SMILES string of the molecule is CC1(C)OB(c2ccc(C(=O)N3CC(F)(F)C3)cc2Cl)OC1(C)C. The smallest absolute Gasteiger partial charge is 0.399 e. The van der Waals surface area contributed by atoms with Gasteiger partial charge < -0.3 is 14.2 Å². The van der Waals surface area contributed by atoms with Gasteiger partial charge in [0.15, 0.2) is 0 Å². The first-order valence-corrected chi connectivity index (χ1v) is 8.12. The zero-order chi connectivity index (χ0) is 17.9. The van der Waals surface area contributed by atoms with Crippen LogP contribution in [0.15, 0.2) is 18.2 Å². The van der Waals surface area contributed by atoms with E-state index in [4.69, 9.17) is 20.9 Å². The highest BCUT2D eigenvalue weighted by atomic mass is 35.5. The maximum absolute atomic E-state index is 12.9. The highest BCUT2D eigenvalue weighted by Gasteiger charge is 2.52. The maximum Gasteiger partial charge on any atom is 0.496 e. The molecule has 4 nitrogen and oxygen atoms in total. The average Bonchev–Trinajstić information content (AvgIpc) is 2.63.